The van der Waals surface area contributed by atoms with Crippen molar-refractivity contribution in [2.75, 3.05) is 18.3 Å². The van der Waals surface area contributed by atoms with Gasteiger partial charge in [-0.2, -0.15) is 0 Å². The highest BCUT2D eigenvalue weighted by atomic mass is 16.8. The molecule has 0 bridgehead atoms. The molecule has 3 aromatic rings. The van der Waals surface area contributed by atoms with E-state index >= 15 is 0 Å². The van der Waals surface area contributed by atoms with Crippen molar-refractivity contribution < 1.29 is 14.8 Å². The summed E-state index contributed by atoms with van der Waals surface area (Å²) in [4.78, 5) is 34.0. The number of carbonyl (C=O) groups excluding carboxylic acids is 2. The fourth-order valence-corrected chi connectivity index (χ4v) is 5.37. The quantitative estimate of drug-likeness (QED) is 0.407. The number of unbranched alkanes of at least 4 members (excludes halogenated alkanes) is 3. The molecule has 0 saturated carbocycles. The van der Waals surface area contributed by atoms with Gasteiger partial charge in [0.15, 0.2) is 0 Å². The van der Waals surface area contributed by atoms with Crippen molar-refractivity contribution in [2.45, 2.75) is 51.1 Å². The Morgan fingerprint density at radius 2 is 1.85 bits per heavy atom. The van der Waals surface area contributed by atoms with Gasteiger partial charge in [0.25, 0.3) is 0 Å². The predicted octanol–water partition coefficient (Wildman–Crippen LogP) is 4.13. The van der Waals surface area contributed by atoms with E-state index in [1.807, 2.05) is 24.3 Å². The van der Waals surface area contributed by atoms with Gasteiger partial charge in [0, 0.05) is 29.6 Å². The van der Waals surface area contributed by atoms with Crippen molar-refractivity contribution >= 4 is 28.4 Å². The molecule has 3 heterocycles. The van der Waals surface area contributed by atoms with E-state index in [0.29, 0.717) is 13.0 Å². The minimum Gasteiger partial charge on any atom is -0.733 e. The minimum absolute atomic E-state index is 0.00487. The zero-order valence-electron chi connectivity index (χ0n) is 19.2. The molecule has 1 fully saturated rings. The van der Waals surface area contributed by atoms with E-state index in [0.717, 1.165) is 53.4 Å². The molecule has 2 N–H and O–H groups in total. The third-order valence-corrected chi connectivity index (χ3v) is 7.05. The van der Waals surface area contributed by atoms with Gasteiger partial charge < -0.3 is 25.2 Å². The summed E-state index contributed by atoms with van der Waals surface area (Å²) in [5.74, 6) is -0.0826. The highest BCUT2D eigenvalue weighted by Gasteiger charge is 2.48. The van der Waals surface area contributed by atoms with E-state index in [9.17, 15) is 20.0 Å². The van der Waals surface area contributed by atoms with E-state index in [1.54, 1.807) is 21.9 Å². The van der Waals surface area contributed by atoms with Crippen LogP contribution in [0.1, 0.15) is 55.5 Å². The van der Waals surface area contributed by atoms with Gasteiger partial charge in [-0.05, 0) is 35.7 Å². The average molecular weight is 462 g/mol. The van der Waals surface area contributed by atoms with Gasteiger partial charge in [0.2, 0.25) is 11.8 Å². The average Bonchev–Trinajstić information content (AvgIpc) is 3.22. The first-order valence-corrected chi connectivity index (χ1v) is 11.9. The van der Waals surface area contributed by atoms with Crippen LogP contribution < -0.4 is 5.23 Å². The number of fused-ring (bicyclic) bond motifs is 4. The minimum atomic E-state index is -0.572. The molecule has 2 aliphatic heterocycles. The first-order valence-electron chi connectivity index (χ1n) is 11.9. The van der Waals surface area contributed by atoms with Crippen LogP contribution in [-0.2, 0) is 16.0 Å². The van der Waals surface area contributed by atoms with Crippen LogP contribution in [0.2, 0.25) is 0 Å². The summed E-state index contributed by atoms with van der Waals surface area (Å²) in [5, 5.41) is 21.4. The second kappa shape index (κ2) is 9.12. The van der Waals surface area contributed by atoms with Crippen molar-refractivity contribution in [2.24, 2.45) is 0 Å². The number of aromatic nitrogens is 1. The van der Waals surface area contributed by atoms with Gasteiger partial charge in [-0.15, -0.1) is 0 Å². The Bertz CT molecular complexity index is 1200. The second-order valence-corrected chi connectivity index (χ2v) is 9.17. The molecule has 2 amide bonds. The number of nitrogens with zero attached hydrogens (tertiary/aromatic N) is 3. The number of H-pyrrole nitrogens is 1. The van der Waals surface area contributed by atoms with Crippen LogP contribution in [0.4, 0.5) is 5.69 Å². The summed E-state index contributed by atoms with van der Waals surface area (Å²) < 4.78 is 0. The van der Waals surface area contributed by atoms with E-state index < -0.39 is 12.1 Å². The lowest BCUT2D eigenvalue weighted by Gasteiger charge is -2.47. The van der Waals surface area contributed by atoms with E-state index in [4.69, 9.17) is 0 Å². The molecule has 0 radical (unpaired) electrons. The van der Waals surface area contributed by atoms with Crippen LogP contribution in [-0.4, -0.2) is 50.9 Å². The molecule has 0 aliphatic carbocycles. The lowest BCUT2D eigenvalue weighted by molar-refractivity contribution is -0.158. The van der Waals surface area contributed by atoms with Crippen LogP contribution in [0.25, 0.3) is 10.9 Å². The molecule has 8 heteroatoms. The number of hydrogen-bond acceptors (Lipinski definition) is 5. The number of nitrogens with one attached hydrogen (secondary N) is 1. The Hall–Kier alpha value is -3.36. The summed E-state index contributed by atoms with van der Waals surface area (Å²) >= 11 is 0. The van der Waals surface area contributed by atoms with Gasteiger partial charge in [0.1, 0.15) is 6.04 Å². The third-order valence-electron chi connectivity index (χ3n) is 7.05. The van der Waals surface area contributed by atoms with Crippen molar-refractivity contribution in [3.63, 3.8) is 0 Å². The second-order valence-electron chi connectivity index (χ2n) is 9.17. The standard InChI is InChI=1S/C26H29N4O4/c1-2-3-4-7-14-28-16-23(31)29-22(26(28)32)15-20-19-8-5-6-9-21(19)27-24(20)25(29)17-10-12-18(13-11-17)30(33)34/h5-6,8-13,22,25,27,33H,2-4,7,14-16H2,1H3/q-1. The van der Waals surface area contributed by atoms with Gasteiger partial charge in [-0.1, -0.05) is 56.5 Å². The molecular weight excluding hydrogens is 432 g/mol. The summed E-state index contributed by atoms with van der Waals surface area (Å²) in [7, 11) is 0. The van der Waals surface area contributed by atoms with Crippen LogP contribution in [0, 0.1) is 5.21 Å². The van der Waals surface area contributed by atoms with Crippen LogP contribution in [0.3, 0.4) is 0 Å². The maximum absolute atomic E-state index is 13.6. The Morgan fingerprint density at radius 3 is 2.59 bits per heavy atom. The number of piperazine rings is 1. The van der Waals surface area contributed by atoms with E-state index in [2.05, 4.69) is 11.9 Å². The Labute approximate surface area is 198 Å². The Morgan fingerprint density at radius 1 is 1.09 bits per heavy atom. The maximum Gasteiger partial charge on any atom is 0.246 e. The zero-order chi connectivity index (χ0) is 23.8. The van der Waals surface area contributed by atoms with Crippen LogP contribution in [0.5, 0.6) is 0 Å². The summed E-state index contributed by atoms with van der Waals surface area (Å²) in [6.07, 6.45) is 4.65. The molecule has 1 aromatic heterocycles. The molecular formula is C26H29N4O4-. The first kappa shape index (κ1) is 22.4. The molecule has 8 nitrogen and oxygen atoms in total. The SMILES string of the molecule is CCCCCCN1CC(=O)N2C(Cc3c([nH]c4ccccc34)C2c2ccc(N([O-])O)cc2)C1=O. The number of para-hydroxylation sites is 1. The molecule has 178 valence electrons. The molecule has 2 aromatic carbocycles. The van der Waals surface area contributed by atoms with Crippen molar-refractivity contribution in [1.82, 2.24) is 14.8 Å². The fourth-order valence-electron chi connectivity index (χ4n) is 5.37. The monoisotopic (exact) mass is 461 g/mol. The van der Waals surface area contributed by atoms with E-state index in [-0.39, 0.29) is 29.3 Å². The van der Waals surface area contributed by atoms with Crippen LogP contribution in [0.15, 0.2) is 48.5 Å². The topological polar surface area (TPSA) is 103 Å². The lowest BCUT2D eigenvalue weighted by atomic mass is 9.86. The van der Waals surface area contributed by atoms with Crippen molar-refractivity contribution in [1.29, 1.82) is 0 Å². The smallest absolute Gasteiger partial charge is 0.246 e. The molecule has 1 saturated heterocycles. The molecule has 34 heavy (non-hydrogen) atoms. The predicted molar refractivity (Wildman–Crippen MR) is 129 cm³/mol. The number of amides is 2. The number of carbonyl (C=O) groups is 2. The highest BCUT2D eigenvalue weighted by Crippen LogP contribution is 2.42. The number of hydrogen-bond donors (Lipinski definition) is 2. The fraction of sp³-hybridized carbons (Fsp3) is 0.385. The summed E-state index contributed by atoms with van der Waals surface area (Å²) in [6, 6.07) is 13.4. The number of rotatable bonds is 7. The first-order chi connectivity index (χ1) is 16.5. The number of benzene rings is 2. The van der Waals surface area contributed by atoms with Gasteiger partial charge in [-0.3, -0.25) is 14.8 Å². The maximum atomic E-state index is 13.6. The normalized spacial score (nSPS) is 20.0. The number of anilines is 1. The molecule has 5 rings (SSSR count). The van der Waals surface area contributed by atoms with Gasteiger partial charge in [-0.25, -0.2) is 0 Å². The molecule has 2 aliphatic rings. The molecule has 0 spiro atoms. The summed E-state index contributed by atoms with van der Waals surface area (Å²) in [6.45, 7) is 2.83. The van der Waals surface area contributed by atoms with Gasteiger partial charge in [0.05, 0.1) is 18.3 Å². The largest absolute Gasteiger partial charge is 0.733 e. The summed E-state index contributed by atoms with van der Waals surface area (Å²) in [5.41, 5.74) is 3.79. The zero-order valence-corrected chi connectivity index (χ0v) is 19.2. The van der Waals surface area contributed by atoms with Gasteiger partial charge >= 0.3 is 0 Å². The third kappa shape index (κ3) is 3.82. The van der Waals surface area contributed by atoms with Crippen molar-refractivity contribution in [3.05, 3.63) is 70.6 Å². The van der Waals surface area contributed by atoms with Crippen molar-refractivity contribution in [3.8, 4) is 0 Å². The molecule has 2 unspecified atom stereocenters. The Balaban J connectivity index is 1.55. The number of aromatic amines is 1. The van der Waals surface area contributed by atoms with E-state index in [1.165, 1.54) is 12.1 Å². The van der Waals surface area contributed by atoms with Crippen LogP contribution >= 0.6 is 0 Å². The Kier molecular flexibility index (Phi) is 6.02. The highest BCUT2D eigenvalue weighted by molar-refractivity contribution is 5.97. The lowest BCUT2D eigenvalue weighted by Crippen LogP contribution is -2.63. The molecule has 2 atom stereocenters.